The molecule has 2 rings (SSSR count). The molecule has 0 radical (unpaired) electrons. The Balaban J connectivity index is 2.03. The number of thiophene rings is 1. The van der Waals surface area contributed by atoms with Gasteiger partial charge in [-0.1, -0.05) is 12.1 Å². The monoisotopic (exact) mass is 397 g/mol. The summed E-state index contributed by atoms with van der Waals surface area (Å²) < 4.78 is 1.02. The lowest BCUT2D eigenvalue weighted by atomic mass is 10.2. The number of amides is 1. The summed E-state index contributed by atoms with van der Waals surface area (Å²) in [5.74, 6) is -0.280. The second-order valence-corrected chi connectivity index (χ2v) is 7.00. The first-order valence-electron chi connectivity index (χ1n) is 6.86. The number of carbonyl (C=O) groups is 1. The van der Waals surface area contributed by atoms with E-state index in [1.165, 1.54) is 12.1 Å². The zero-order valence-corrected chi connectivity index (χ0v) is 15.1. The molecule has 1 N–H and O–H groups in total. The van der Waals surface area contributed by atoms with Crippen LogP contribution in [0.3, 0.4) is 0 Å². The molecular formula is C15H16BrN3O3S. The van der Waals surface area contributed by atoms with Gasteiger partial charge in [-0.05, 0) is 42.0 Å². The van der Waals surface area contributed by atoms with E-state index in [0.29, 0.717) is 6.54 Å². The summed E-state index contributed by atoms with van der Waals surface area (Å²) in [6.45, 7) is 2.40. The van der Waals surface area contributed by atoms with Gasteiger partial charge in [0.1, 0.15) is 5.69 Å². The number of rotatable bonds is 6. The van der Waals surface area contributed by atoms with Crippen LogP contribution in [0.1, 0.15) is 11.8 Å². The van der Waals surface area contributed by atoms with Crippen LogP contribution >= 0.6 is 27.3 Å². The summed E-state index contributed by atoms with van der Waals surface area (Å²) in [6, 6.07) is 7.70. The minimum atomic E-state index is -0.507. The molecule has 1 heterocycles. The third-order valence-corrected chi connectivity index (χ3v) is 5.11. The average molecular weight is 398 g/mol. The van der Waals surface area contributed by atoms with Gasteiger partial charge in [0.15, 0.2) is 0 Å². The molecule has 122 valence electrons. The lowest BCUT2D eigenvalue weighted by Crippen LogP contribution is -2.39. The van der Waals surface area contributed by atoms with Gasteiger partial charge in [0, 0.05) is 27.3 Å². The largest absolute Gasteiger partial charge is 0.319 e. The van der Waals surface area contributed by atoms with Gasteiger partial charge in [-0.2, -0.15) is 0 Å². The Morgan fingerprint density at radius 1 is 1.48 bits per heavy atom. The molecule has 2 aromatic rings. The molecule has 1 aromatic heterocycles. The van der Waals surface area contributed by atoms with E-state index in [-0.39, 0.29) is 17.3 Å². The highest BCUT2D eigenvalue weighted by Crippen LogP contribution is 2.24. The first-order valence-corrected chi connectivity index (χ1v) is 8.53. The lowest BCUT2D eigenvalue weighted by Gasteiger charge is -2.23. The normalized spacial score (nSPS) is 12.2. The molecule has 0 spiro atoms. The summed E-state index contributed by atoms with van der Waals surface area (Å²) in [4.78, 5) is 25.8. The van der Waals surface area contributed by atoms with Crippen LogP contribution < -0.4 is 5.32 Å². The number of nitrogens with zero attached hydrogens (tertiary/aromatic N) is 2. The second-order valence-electron chi connectivity index (χ2n) is 5.09. The Hall–Kier alpha value is -1.77. The Kier molecular flexibility index (Phi) is 5.86. The molecule has 0 saturated heterocycles. The predicted molar refractivity (Wildman–Crippen MR) is 94.7 cm³/mol. The fourth-order valence-electron chi connectivity index (χ4n) is 2.00. The van der Waals surface area contributed by atoms with Crippen molar-refractivity contribution in [2.24, 2.45) is 0 Å². The number of nitrogens with one attached hydrogen (secondary N) is 1. The first-order chi connectivity index (χ1) is 10.9. The third kappa shape index (κ3) is 4.60. The highest BCUT2D eigenvalue weighted by molar-refractivity contribution is 9.10. The van der Waals surface area contributed by atoms with E-state index in [1.54, 1.807) is 30.4 Å². The van der Waals surface area contributed by atoms with Crippen molar-refractivity contribution in [1.29, 1.82) is 0 Å². The van der Waals surface area contributed by atoms with E-state index in [2.05, 4.69) is 21.2 Å². The van der Waals surface area contributed by atoms with Crippen molar-refractivity contribution < 1.29 is 9.72 Å². The van der Waals surface area contributed by atoms with Gasteiger partial charge in [-0.3, -0.25) is 19.8 Å². The maximum Gasteiger partial charge on any atom is 0.292 e. The van der Waals surface area contributed by atoms with Gasteiger partial charge in [0.25, 0.3) is 5.69 Å². The molecule has 0 saturated carbocycles. The van der Waals surface area contributed by atoms with Crippen LogP contribution in [-0.4, -0.2) is 28.8 Å². The molecule has 23 heavy (non-hydrogen) atoms. The van der Waals surface area contributed by atoms with Crippen molar-refractivity contribution >= 4 is 44.5 Å². The molecule has 8 heteroatoms. The van der Waals surface area contributed by atoms with Gasteiger partial charge in [0.05, 0.1) is 11.0 Å². The smallest absolute Gasteiger partial charge is 0.292 e. The zero-order valence-electron chi connectivity index (χ0n) is 12.7. The summed E-state index contributed by atoms with van der Waals surface area (Å²) in [7, 11) is 1.84. The van der Waals surface area contributed by atoms with Crippen molar-refractivity contribution in [3.63, 3.8) is 0 Å². The van der Waals surface area contributed by atoms with Crippen molar-refractivity contribution in [1.82, 2.24) is 4.90 Å². The minimum absolute atomic E-state index is 0.113. The minimum Gasteiger partial charge on any atom is -0.319 e. The molecule has 0 fully saturated rings. The van der Waals surface area contributed by atoms with Gasteiger partial charge in [-0.25, -0.2) is 0 Å². The van der Waals surface area contributed by atoms with E-state index in [0.717, 1.165) is 9.35 Å². The number of benzene rings is 1. The standard InChI is InChI=1S/C15H16BrN3O3S/c1-10(18(2)8-12-7-11(16)9-23-12)15(20)17-13-5-3-4-6-14(13)19(21)22/h3-7,9-10H,8H2,1-2H3,(H,17,20)/t10-/m0/s1. The van der Waals surface area contributed by atoms with Crippen molar-refractivity contribution in [2.75, 3.05) is 12.4 Å². The van der Waals surface area contributed by atoms with E-state index >= 15 is 0 Å². The Morgan fingerprint density at radius 2 is 2.17 bits per heavy atom. The molecule has 6 nitrogen and oxygen atoms in total. The zero-order chi connectivity index (χ0) is 17.0. The van der Waals surface area contributed by atoms with Gasteiger partial charge < -0.3 is 5.32 Å². The van der Waals surface area contributed by atoms with Crippen LogP contribution in [0.2, 0.25) is 0 Å². The quantitative estimate of drug-likeness (QED) is 0.592. The first kappa shape index (κ1) is 17.6. The highest BCUT2D eigenvalue weighted by atomic mass is 79.9. The number of anilines is 1. The molecule has 0 aliphatic rings. The van der Waals surface area contributed by atoms with E-state index in [9.17, 15) is 14.9 Å². The van der Waals surface area contributed by atoms with Crippen molar-refractivity contribution in [3.8, 4) is 0 Å². The van der Waals surface area contributed by atoms with Crippen LogP contribution in [0, 0.1) is 10.1 Å². The van der Waals surface area contributed by atoms with Crippen LogP contribution in [0.5, 0.6) is 0 Å². The summed E-state index contributed by atoms with van der Waals surface area (Å²) in [6.07, 6.45) is 0. The average Bonchev–Trinajstić information content (AvgIpc) is 2.91. The lowest BCUT2D eigenvalue weighted by molar-refractivity contribution is -0.383. The SMILES string of the molecule is C[C@@H](C(=O)Nc1ccccc1[N+](=O)[O-])N(C)Cc1cc(Br)cs1. The van der Waals surface area contributed by atoms with Crippen molar-refractivity contribution in [3.05, 3.63) is 55.2 Å². The number of halogens is 1. The maximum atomic E-state index is 12.3. The van der Waals surface area contributed by atoms with Gasteiger partial charge in [0.2, 0.25) is 5.91 Å². The second kappa shape index (κ2) is 7.67. The fourth-order valence-corrected chi connectivity index (χ4v) is 3.51. The fraction of sp³-hybridized carbons (Fsp3) is 0.267. The van der Waals surface area contributed by atoms with E-state index < -0.39 is 11.0 Å². The Labute approximate surface area is 146 Å². The Morgan fingerprint density at radius 3 is 2.78 bits per heavy atom. The number of likely N-dealkylation sites (N-methyl/N-ethyl adjacent to an activating group) is 1. The number of nitro groups is 1. The molecule has 1 amide bonds. The summed E-state index contributed by atoms with van der Waals surface area (Å²) in [5, 5.41) is 15.6. The molecule has 1 atom stereocenters. The number of hydrogen-bond acceptors (Lipinski definition) is 5. The van der Waals surface area contributed by atoms with E-state index in [4.69, 9.17) is 0 Å². The van der Waals surface area contributed by atoms with Gasteiger partial charge >= 0.3 is 0 Å². The van der Waals surface area contributed by atoms with Gasteiger partial charge in [-0.15, -0.1) is 11.3 Å². The third-order valence-electron chi connectivity index (χ3n) is 3.43. The summed E-state index contributed by atoms with van der Waals surface area (Å²) >= 11 is 5.01. The van der Waals surface area contributed by atoms with Crippen LogP contribution in [-0.2, 0) is 11.3 Å². The molecule has 0 unspecified atom stereocenters. The van der Waals surface area contributed by atoms with Crippen LogP contribution in [0.4, 0.5) is 11.4 Å². The molecular weight excluding hydrogens is 382 g/mol. The topological polar surface area (TPSA) is 75.5 Å². The summed E-state index contributed by atoms with van der Waals surface area (Å²) in [5.41, 5.74) is 0.0968. The Bertz CT molecular complexity index is 719. The number of carbonyl (C=O) groups excluding carboxylic acids is 1. The maximum absolute atomic E-state index is 12.3. The molecule has 0 bridgehead atoms. The van der Waals surface area contributed by atoms with Crippen LogP contribution in [0.15, 0.2) is 40.2 Å². The predicted octanol–water partition coefficient (Wildman–Crippen LogP) is 3.88. The van der Waals surface area contributed by atoms with Crippen LogP contribution in [0.25, 0.3) is 0 Å². The van der Waals surface area contributed by atoms with Crippen molar-refractivity contribution in [2.45, 2.75) is 19.5 Å². The number of hydrogen-bond donors (Lipinski definition) is 1. The van der Waals surface area contributed by atoms with E-state index in [1.807, 2.05) is 23.4 Å². The molecule has 1 aromatic carbocycles. The number of para-hydroxylation sites is 2. The molecule has 0 aliphatic carbocycles. The molecule has 0 aliphatic heterocycles. The number of nitro benzene ring substituents is 1. The highest BCUT2D eigenvalue weighted by Gasteiger charge is 2.22.